The number of hydrogen-bond acceptors (Lipinski definition) is 3. The van der Waals surface area contributed by atoms with E-state index in [-0.39, 0.29) is 5.82 Å². The molecule has 0 fully saturated rings. The SMILES string of the molecule is COc1ccc(F)c(NCc2c(Br)c(C)nn2C)c1. The Morgan fingerprint density at radius 3 is 2.79 bits per heavy atom. The number of benzene rings is 1. The molecular weight excluding hydrogens is 313 g/mol. The van der Waals surface area contributed by atoms with Crippen molar-refractivity contribution in [2.45, 2.75) is 13.5 Å². The lowest BCUT2D eigenvalue weighted by molar-refractivity contribution is 0.414. The Morgan fingerprint density at radius 2 is 2.21 bits per heavy atom. The highest BCUT2D eigenvalue weighted by molar-refractivity contribution is 9.10. The Morgan fingerprint density at radius 1 is 1.47 bits per heavy atom. The van der Waals surface area contributed by atoms with Gasteiger partial charge in [-0.25, -0.2) is 4.39 Å². The first-order chi connectivity index (χ1) is 9.02. The Labute approximate surface area is 119 Å². The van der Waals surface area contributed by atoms with Crippen LogP contribution in [0.25, 0.3) is 0 Å². The maximum atomic E-state index is 13.7. The van der Waals surface area contributed by atoms with Crippen LogP contribution in [0.5, 0.6) is 5.75 Å². The molecule has 0 aliphatic carbocycles. The van der Waals surface area contributed by atoms with Gasteiger partial charge in [0, 0.05) is 13.1 Å². The third-order valence-corrected chi connectivity index (χ3v) is 3.91. The Hall–Kier alpha value is -1.56. The van der Waals surface area contributed by atoms with Gasteiger partial charge in [-0.2, -0.15) is 5.10 Å². The van der Waals surface area contributed by atoms with Crippen LogP contribution < -0.4 is 10.1 Å². The maximum Gasteiger partial charge on any atom is 0.146 e. The van der Waals surface area contributed by atoms with Gasteiger partial charge in [0.25, 0.3) is 0 Å². The molecule has 1 aromatic heterocycles. The number of aryl methyl sites for hydroxylation is 2. The quantitative estimate of drug-likeness (QED) is 0.936. The van der Waals surface area contributed by atoms with Crippen molar-refractivity contribution in [2.24, 2.45) is 7.05 Å². The Kier molecular flexibility index (Phi) is 4.09. The van der Waals surface area contributed by atoms with Crippen LogP contribution in [0.3, 0.4) is 0 Å². The average molecular weight is 328 g/mol. The molecule has 6 heteroatoms. The van der Waals surface area contributed by atoms with Crippen LogP contribution in [0.2, 0.25) is 0 Å². The van der Waals surface area contributed by atoms with Gasteiger partial charge in [0.05, 0.1) is 35.2 Å². The minimum Gasteiger partial charge on any atom is -0.497 e. The number of nitrogens with one attached hydrogen (secondary N) is 1. The van der Waals surface area contributed by atoms with Gasteiger partial charge in [-0.05, 0) is 35.0 Å². The molecule has 0 aliphatic heterocycles. The topological polar surface area (TPSA) is 39.1 Å². The van der Waals surface area contributed by atoms with Crippen LogP contribution in [0.4, 0.5) is 10.1 Å². The first-order valence-corrected chi connectivity index (χ1v) is 6.57. The summed E-state index contributed by atoms with van der Waals surface area (Å²) >= 11 is 3.48. The monoisotopic (exact) mass is 327 g/mol. The van der Waals surface area contributed by atoms with Crippen molar-refractivity contribution < 1.29 is 9.13 Å². The molecule has 2 rings (SSSR count). The Bertz CT molecular complexity index is 598. The number of rotatable bonds is 4. The fourth-order valence-electron chi connectivity index (χ4n) is 1.82. The van der Waals surface area contributed by atoms with Crippen molar-refractivity contribution in [1.82, 2.24) is 9.78 Å². The van der Waals surface area contributed by atoms with Gasteiger partial charge in [0.2, 0.25) is 0 Å². The zero-order chi connectivity index (χ0) is 14.0. The smallest absolute Gasteiger partial charge is 0.146 e. The van der Waals surface area contributed by atoms with Gasteiger partial charge in [-0.1, -0.05) is 0 Å². The maximum absolute atomic E-state index is 13.7. The molecule has 1 heterocycles. The lowest BCUT2D eigenvalue weighted by Gasteiger charge is -2.10. The number of ether oxygens (including phenoxy) is 1. The molecule has 2 aromatic rings. The number of anilines is 1. The molecule has 1 N–H and O–H groups in total. The van der Waals surface area contributed by atoms with E-state index in [0.29, 0.717) is 18.0 Å². The molecule has 0 unspecified atom stereocenters. The highest BCUT2D eigenvalue weighted by Crippen LogP contribution is 2.24. The van der Waals surface area contributed by atoms with E-state index in [9.17, 15) is 4.39 Å². The van der Waals surface area contributed by atoms with E-state index < -0.39 is 0 Å². The van der Waals surface area contributed by atoms with Gasteiger partial charge in [-0.3, -0.25) is 4.68 Å². The molecule has 0 spiro atoms. The summed E-state index contributed by atoms with van der Waals surface area (Å²) in [6.45, 7) is 2.39. The van der Waals surface area contributed by atoms with E-state index in [0.717, 1.165) is 15.9 Å². The number of methoxy groups -OCH3 is 1. The van der Waals surface area contributed by atoms with Crippen LogP contribution in [0.15, 0.2) is 22.7 Å². The fraction of sp³-hybridized carbons (Fsp3) is 0.308. The van der Waals surface area contributed by atoms with Crippen molar-refractivity contribution >= 4 is 21.6 Å². The predicted octanol–water partition coefficient (Wildman–Crippen LogP) is 3.25. The average Bonchev–Trinajstić information content (AvgIpc) is 2.63. The second-order valence-electron chi connectivity index (χ2n) is 4.17. The third kappa shape index (κ3) is 2.89. The molecule has 0 amide bonds. The molecule has 0 aliphatic rings. The molecule has 0 saturated heterocycles. The highest BCUT2D eigenvalue weighted by Gasteiger charge is 2.11. The summed E-state index contributed by atoms with van der Waals surface area (Å²) in [6, 6.07) is 4.60. The van der Waals surface area contributed by atoms with E-state index >= 15 is 0 Å². The van der Waals surface area contributed by atoms with Crippen LogP contribution in [-0.2, 0) is 13.6 Å². The van der Waals surface area contributed by atoms with Gasteiger partial charge < -0.3 is 10.1 Å². The minimum atomic E-state index is -0.309. The van der Waals surface area contributed by atoms with Gasteiger partial charge >= 0.3 is 0 Å². The highest BCUT2D eigenvalue weighted by atomic mass is 79.9. The molecule has 1 aromatic carbocycles. The normalized spacial score (nSPS) is 10.6. The van der Waals surface area contributed by atoms with Crippen LogP contribution in [0.1, 0.15) is 11.4 Å². The molecule has 4 nitrogen and oxygen atoms in total. The van der Waals surface area contributed by atoms with E-state index in [1.807, 2.05) is 14.0 Å². The van der Waals surface area contributed by atoms with E-state index in [1.54, 1.807) is 23.9 Å². The zero-order valence-corrected chi connectivity index (χ0v) is 12.6. The lowest BCUT2D eigenvalue weighted by atomic mass is 10.2. The number of halogens is 2. The summed E-state index contributed by atoms with van der Waals surface area (Å²) in [7, 11) is 3.41. The number of nitrogens with zero attached hydrogens (tertiary/aromatic N) is 2. The van der Waals surface area contributed by atoms with Gasteiger partial charge in [0.1, 0.15) is 11.6 Å². The van der Waals surface area contributed by atoms with Gasteiger partial charge in [0.15, 0.2) is 0 Å². The summed E-state index contributed by atoms with van der Waals surface area (Å²) in [5.41, 5.74) is 2.27. The van der Waals surface area contributed by atoms with E-state index in [1.165, 1.54) is 6.07 Å². The summed E-state index contributed by atoms with van der Waals surface area (Å²) in [5, 5.41) is 7.34. The zero-order valence-electron chi connectivity index (χ0n) is 11.0. The number of aromatic nitrogens is 2. The molecule has 0 atom stereocenters. The minimum absolute atomic E-state index is 0.309. The summed E-state index contributed by atoms with van der Waals surface area (Å²) in [4.78, 5) is 0. The Balaban J connectivity index is 2.18. The second kappa shape index (κ2) is 5.61. The standard InChI is InChI=1S/C13H15BrFN3O/c1-8-13(14)12(18(2)17-8)7-16-11-6-9(19-3)4-5-10(11)15/h4-6,16H,7H2,1-3H3. The van der Waals surface area contributed by atoms with Crippen LogP contribution in [-0.4, -0.2) is 16.9 Å². The first kappa shape index (κ1) is 13.9. The summed E-state index contributed by atoms with van der Waals surface area (Å²) in [5.74, 6) is 0.306. The molecule has 0 saturated carbocycles. The second-order valence-corrected chi connectivity index (χ2v) is 4.96. The first-order valence-electron chi connectivity index (χ1n) is 5.78. The summed E-state index contributed by atoms with van der Waals surface area (Å²) < 4.78 is 21.4. The van der Waals surface area contributed by atoms with E-state index in [2.05, 4.69) is 26.3 Å². The molecular formula is C13H15BrFN3O. The predicted molar refractivity (Wildman–Crippen MR) is 75.9 cm³/mol. The van der Waals surface area contributed by atoms with Gasteiger partial charge in [-0.15, -0.1) is 0 Å². The molecule has 19 heavy (non-hydrogen) atoms. The fourth-order valence-corrected chi connectivity index (χ4v) is 2.29. The summed E-state index contributed by atoms with van der Waals surface area (Å²) in [6.07, 6.45) is 0. The van der Waals surface area contributed by atoms with E-state index in [4.69, 9.17) is 4.74 Å². The number of hydrogen-bond donors (Lipinski definition) is 1. The van der Waals surface area contributed by atoms with Crippen LogP contribution >= 0.6 is 15.9 Å². The van der Waals surface area contributed by atoms with Crippen molar-refractivity contribution in [3.8, 4) is 5.75 Å². The van der Waals surface area contributed by atoms with Crippen molar-refractivity contribution in [3.63, 3.8) is 0 Å². The molecule has 0 bridgehead atoms. The largest absolute Gasteiger partial charge is 0.497 e. The molecule has 102 valence electrons. The lowest BCUT2D eigenvalue weighted by Crippen LogP contribution is -2.07. The van der Waals surface area contributed by atoms with Crippen LogP contribution in [0, 0.1) is 12.7 Å². The van der Waals surface area contributed by atoms with Crippen molar-refractivity contribution in [3.05, 3.63) is 39.9 Å². The molecule has 0 radical (unpaired) electrons. The third-order valence-electron chi connectivity index (χ3n) is 2.88. The van der Waals surface area contributed by atoms with Crippen molar-refractivity contribution in [1.29, 1.82) is 0 Å². The van der Waals surface area contributed by atoms with Crippen molar-refractivity contribution in [2.75, 3.05) is 12.4 Å².